The van der Waals surface area contributed by atoms with Crippen molar-refractivity contribution in [3.8, 4) is 0 Å². The summed E-state index contributed by atoms with van der Waals surface area (Å²) in [6, 6.07) is 5.37. The van der Waals surface area contributed by atoms with Crippen LogP contribution < -0.4 is 16.0 Å². The zero-order valence-corrected chi connectivity index (χ0v) is 23.2. The summed E-state index contributed by atoms with van der Waals surface area (Å²) in [5.41, 5.74) is 0.795. The number of fused-ring (bicyclic) bond motifs is 2. The average Bonchev–Trinajstić information content (AvgIpc) is 3.53. The van der Waals surface area contributed by atoms with Crippen LogP contribution in [0.4, 0.5) is 15.5 Å². The third kappa shape index (κ3) is 4.90. The van der Waals surface area contributed by atoms with Crippen LogP contribution in [0.5, 0.6) is 0 Å². The fraction of sp³-hybridized carbons (Fsp3) is 0.615. The number of aromatic nitrogens is 3. The minimum absolute atomic E-state index is 0.0112. The fourth-order valence-electron chi connectivity index (χ4n) is 6.47. The Bertz CT molecular complexity index is 1200. The highest BCUT2D eigenvalue weighted by Gasteiger charge is 2.65. The number of nitrogens with one attached hydrogen (secondary N) is 3. The average molecular weight is 545 g/mol. The van der Waals surface area contributed by atoms with Gasteiger partial charge in [-0.05, 0) is 57.1 Å². The number of carbonyl (C=O) groups is 2. The van der Waals surface area contributed by atoms with Crippen LogP contribution in [0.3, 0.4) is 0 Å². The minimum Gasteiger partial charge on any atom is -0.396 e. The molecule has 1 spiro atoms. The smallest absolute Gasteiger partial charge is 0.261 e. The van der Waals surface area contributed by atoms with Crippen molar-refractivity contribution >= 4 is 31.6 Å². The summed E-state index contributed by atoms with van der Waals surface area (Å²) < 4.78 is 24.1. The Morgan fingerprint density at radius 1 is 1.39 bits per heavy atom. The summed E-state index contributed by atoms with van der Waals surface area (Å²) in [5, 5.41) is 26.5. The number of benzene rings is 1. The molecular weight excluding hydrogens is 507 g/mol. The van der Waals surface area contributed by atoms with E-state index in [0.29, 0.717) is 48.6 Å². The zero-order chi connectivity index (χ0) is 27.1. The van der Waals surface area contributed by atoms with Crippen LogP contribution >= 0.6 is 0 Å². The number of amides is 2. The van der Waals surface area contributed by atoms with Gasteiger partial charge in [-0.15, -0.1) is 5.10 Å². The number of hydrogen-bond donors (Lipinski definition) is 4. The topological polar surface area (TPSA) is 130 Å². The minimum atomic E-state index is -3.26. The molecule has 1 unspecified atom stereocenters. The number of aliphatic hydroxyl groups is 1. The van der Waals surface area contributed by atoms with Crippen molar-refractivity contribution in [1.29, 1.82) is 0 Å². The normalized spacial score (nSPS) is 28.9. The van der Waals surface area contributed by atoms with Crippen LogP contribution in [0.15, 0.2) is 24.4 Å². The molecule has 10 nitrogen and oxygen atoms in total. The van der Waals surface area contributed by atoms with E-state index in [2.05, 4.69) is 26.3 Å². The predicted molar refractivity (Wildman–Crippen MR) is 143 cm³/mol. The molecule has 2 saturated heterocycles. The van der Waals surface area contributed by atoms with E-state index in [1.807, 2.05) is 13.0 Å². The van der Waals surface area contributed by atoms with Crippen molar-refractivity contribution in [3.05, 3.63) is 35.7 Å². The SMILES string of the molecule is C[C@H]1[C@H]([Si](C)(C)F)[C@@H](CCn2cc(CCO)nn2)O[C@]12C(=O)Nc1ccc(NC(=O)C3CCCNC3)cc12. The second-order valence-electron chi connectivity index (χ2n) is 11.3. The number of carbonyl (C=O) groups excluding carboxylic acids is 2. The van der Waals surface area contributed by atoms with Gasteiger partial charge in [-0.3, -0.25) is 14.3 Å². The van der Waals surface area contributed by atoms with Crippen molar-refractivity contribution < 1.29 is 23.5 Å². The summed E-state index contributed by atoms with van der Waals surface area (Å²) in [6.07, 6.45) is 3.95. The van der Waals surface area contributed by atoms with Gasteiger partial charge in [-0.1, -0.05) is 12.1 Å². The van der Waals surface area contributed by atoms with E-state index >= 15 is 4.11 Å². The van der Waals surface area contributed by atoms with E-state index in [4.69, 9.17) is 9.84 Å². The number of piperidine rings is 1. The lowest BCUT2D eigenvalue weighted by atomic mass is 9.82. The van der Waals surface area contributed by atoms with E-state index in [9.17, 15) is 9.59 Å². The quantitative estimate of drug-likeness (QED) is 0.297. The van der Waals surface area contributed by atoms with E-state index < -0.39 is 31.6 Å². The predicted octanol–water partition coefficient (Wildman–Crippen LogP) is 2.57. The van der Waals surface area contributed by atoms with Crippen LogP contribution in [0.2, 0.25) is 18.6 Å². The van der Waals surface area contributed by atoms with Crippen LogP contribution in [0, 0.1) is 11.8 Å². The molecule has 1 aromatic carbocycles. The largest absolute Gasteiger partial charge is 0.396 e. The van der Waals surface area contributed by atoms with Gasteiger partial charge in [0.2, 0.25) is 14.3 Å². The third-order valence-corrected chi connectivity index (χ3v) is 10.7. The molecule has 4 heterocycles. The molecule has 5 atom stereocenters. The molecule has 0 aliphatic carbocycles. The standard InChI is InChI=1S/C26H37FN6O4Si/c1-16-23(38(2,3)27)22(8-11-33-15-19(9-12-34)31-32-33)37-26(16)20-13-18(6-7-21(20)30-25(26)36)29-24(35)17-5-4-10-28-14-17/h6-7,13,15-17,22-23,28,34H,4-5,8-12,14H2,1-3H3,(H,29,35)(H,30,36)/t16-,17?,22+,23-,26+/m0/s1. The van der Waals surface area contributed by atoms with Crippen molar-refractivity contribution in [1.82, 2.24) is 20.3 Å². The Morgan fingerprint density at radius 3 is 2.92 bits per heavy atom. The van der Waals surface area contributed by atoms with Gasteiger partial charge in [-0.2, -0.15) is 0 Å². The molecule has 38 heavy (non-hydrogen) atoms. The maximum atomic E-state index is 15.8. The van der Waals surface area contributed by atoms with Crippen LogP contribution in [0.25, 0.3) is 0 Å². The van der Waals surface area contributed by atoms with Gasteiger partial charge in [0.05, 0.1) is 17.7 Å². The summed E-state index contributed by atoms with van der Waals surface area (Å²) in [7, 11) is -3.26. The molecule has 3 aliphatic rings. The van der Waals surface area contributed by atoms with Gasteiger partial charge in [0, 0.05) is 60.7 Å². The van der Waals surface area contributed by atoms with Crippen molar-refractivity contribution in [2.24, 2.45) is 11.8 Å². The number of rotatable bonds is 8. The Kier molecular flexibility index (Phi) is 7.42. The number of anilines is 2. The van der Waals surface area contributed by atoms with Gasteiger partial charge in [0.1, 0.15) is 0 Å². The maximum absolute atomic E-state index is 15.8. The van der Waals surface area contributed by atoms with Gasteiger partial charge in [0.15, 0.2) is 5.60 Å². The third-order valence-electron chi connectivity index (χ3n) is 8.25. The summed E-state index contributed by atoms with van der Waals surface area (Å²) in [6.45, 7) is 7.25. The molecule has 3 aliphatic heterocycles. The molecule has 1 aromatic heterocycles. The molecule has 0 bridgehead atoms. The summed E-state index contributed by atoms with van der Waals surface area (Å²) in [5.74, 6) is -0.856. The number of aliphatic hydroxyl groups excluding tert-OH is 1. The van der Waals surface area contributed by atoms with Gasteiger partial charge < -0.3 is 29.9 Å². The highest BCUT2D eigenvalue weighted by Crippen LogP contribution is 2.59. The first-order valence-corrected chi connectivity index (χ1v) is 16.4. The van der Waals surface area contributed by atoms with Gasteiger partial charge in [0.25, 0.3) is 5.91 Å². The van der Waals surface area contributed by atoms with Crippen LogP contribution in [-0.2, 0) is 32.9 Å². The molecule has 4 N–H and O–H groups in total. The first-order chi connectivity index (χ1) is 18.1. The molecule has 0 radical (unpaired) electrons. The molecule has 5 rings (SSSR count). The van der Waals surface area contributed by atoms with E-state index in [1.54, 1.807) is 36.1 Å². The maximum Gasteiger partial charge on any atom is 0.261 e. The lowest BCUT2D eigenvalue weighted by Crippen LogP contribution is -2.42. The van der Waals surface area contributed by atoms with Crippen LogP contribution in [-0.4, -0.2) is 66.1 Å². The molecule has 0 saturated carbocycles. The second kappa shape index (κ2) is 10.5. The Morgan fingerprint density at radius 2 is 2.21 bits per heavy atom. The number of halogens is 1. The number of ether oxygens (including phenoxy) is 1. The zero-order valence-electron chi connectivity index (χ0n) is 22.2. The lowest BCUT2D eigenvalue weighted by Gasteiger charge is -2.30. The summed E-state index contributed by atoms with van der Waals surface area (Å²) in [4.78, 5) is 26.4. The highest BCUT2D eigenvalue weighted by molar-refractivity contribution is 6.72. The first kappa shape index (κ1) is 26.9. The van der Waals surface area contributed by atoms with E-state index in [0.717, 1.165) is 19.4 Å². The first-order valence-electron chi connectivity index (χ1n) is 13.5. The van der Waals surface area contributed by atoms with E-state index in [1.165, 1.54) is 0 Å². The van der Waals surface area contributed by atoms with Gasteiger partial charge >= 0.3 is 0 Å². The number of aryl methyl sites for hydroxylation is 1. The molecule has 2 aromatic rings. The monoisotopic (exact) mass is 544 g/mol. The van der Waals surface area contributed by atoms with Crippen molar-refractivity contribution in [3.63, 3.8) is 0 Å². The van der Waals surface area contributed by atoms with Crippen molar-refractivity contribution in [2.75, 3.05) is 30.3 Å². The Labute approximate surface area is 222 Å². The molecule has 2 fully saturated rings. The van der Waals surface area contributed by atoms with E-state index in [-0.39, 0.29) is 24.3 Å². The van der Waals surface area contributed by atoms with Crippen molar-refractivity contribution in [2.45, 2.75) is 69.5 Å². The second-order valence-corrected chi connectivity index (χ2v) is 15.0. The lowest BCUT2D eigenvalue weighted by molar-refractivity contribution is -0.143. The number of hydrogen-bond acceptors (Lipinski definition) is 7. The number of nitrogens with zero attached hydrogens (tertiary/aromatic N) is 3. The summed E-state index contributed by atoms with van der Waals surface area (Å²) >= 11 is 0. The van der Waals surface area contributed by atoms with Crippen LogP contribution in [0.1, 0.15) is 37.4 Å². The highest BCUT2D eigenvalue weighted by atomic mass is 28.4. The van der Waals surface area contributed by atoms with Gasteiger partial charge in [-0.25, -0.2) is 0 Å². The Hall–Kier alpha value is -2.67. The fourth-order valence-corrected chi connectivity index (χ4v) is 9.01. The molecular formula is C26H37FN6O4Si. The Balaban J connectivity index is 1.41. The molecule has 2 amide bonds. The molecule has 206 valence electrons. The molecule has 12 heteroatoms.